The number of nitrogens with zero attached hydrogens (tertiary/aromatic N) is 2. The molecule has 7 heteroatoms. The Kier molecular flexibility index (Phi) is 4.20. The molecule has 2 fully saturated rings. The van der Waals surface area contributed by atoms with Crippen molar-refractivity contribution in [1.29, 1.82) is 0 Å². The van der Waals surface area contributed by atoms with Crippen molar-refractivity contribution < 1.29 is 23.8 Å². The summed E-state index contributed by atoms with van der Waals surface area (Å²) in [6, 6.07) is 5.62. The molecule has 0 N–H and O–H groups in total. The molecule has 1 aromatic rings. The minimum atomic E-state index is -0.506. The van der Waals surface area contributed by atoms with E-state index in [0.717, 1.165) is 11.4 Å². The van der Waals surface area contributed by atoms with Crippen LogP contribution in [0.3, 0.4) is 0 Å². The molecule has 2 amide bonds. The van der Waals surface area contributed by atoms with Crippen LogP contribution < -0.4 is 14.4 Å². The molecule has 3 aliphatic rings. The summed E-state index contributed by atoms with van der Waals surface area (Å²) in [5, 5.41) is 0. The molecule has 2 saturated heterocycles. The maximum Gasteiger partial charge on any atom is 0.410 e. The van der Waals surface area contributed by atoms with Crippen molar-refractivity contribution in [3.05, 3.63) is 18.2 Å². The Morgan fingerprint density at radius 3 is 2.41 bits per heavy atom. The first-order chi connectivity index (χ1) is 12.8. The second kappa shape index (κ2) is 6.32. The highest BCUT2D eigenvalue weighted by molar-refractivity contribution is 6.04. The van der Waals surface area contributed by atoms with E-state index < -0.39 is 5.60 Å². The quantitative estimate of drug-likeness (QED) is 0.707. The minimum absolute atomic E-state index is 0.128. The summed E-state index contributed by atoms with van der Waals surface area (Å²) in [4.78, 5) is 28.6. The summed E-state index contributed by atoms with van der Waals surface area (Å²) in [6.45, 7) is 8.42. The highest BCUT2D eigenvalue weighted by Gasteiger charge is 2.54. The molecular weight excluding hydrogens is 348 g/mol. The molecule has 7 nitrogen and oxygen atoms in total. The van der Waals surface area contributed by atoms with Gasteiger partial charge in [-0.05, 0) is 45.7 Å². The first-order valence-corrected chi connectivity index (χ1v) is 9.47. The molecule has 3 aliphatic heterocycles. The van der Waals surface area contributed by atoms with Crippen LogP contribution in [0.2, 0.25) is 0 Å². The lowest BCUT2D eigenvalue weighted by atomic mass is 9.71. The summed E-state index contributed by atoms with van der Waals surface area (Å²) < 4.78 is 16.6. The Bertz CT molecular complexity index is 762. The maximum absolute atomic E-state index is 12.9. The van der Waals surface area contributed by atoms with Crippen LogP contribution in [0.15, 0.2) is 18.2 Å². The van der Waals surface area contributed by atoms with Crippen molar-refractivity contribution >= 4 is 17.7 Å². The number of likely N-dealkylation sites (tertiary alicyclic amines) is 1. The third-order valence-electron chi connectivity index (χ3n) is 5.37. The molecule has 0 unspecified atom stereocenters. The van der Waals surface area contributed by atoms with Gasteiger partial charge in [0.25, 0.3) is 0 Å². The second-order valence-corrected chi connectivity index (χ2v) is 8.47. The van der Waals surface area contributed by atoms with Gasteiger partial charge >= 0.3 is 6.09 Å². The standard InChI is InChI=1S/C20H26N2O5/c1-19(2,3)27-18(24)21-8-6-20(7-9-21)13-22(17(20)23)14-4-5-15-16(12-14)26-11-10-25-15/h4-5,12H,6-11,13H2,1-3H3. The van der Waals surface area contributed by atoms with Crippen molar-refractivity contribution in [2.75, 3.05) is 37.7 Å². The van der Waals surface area contributed by atoms with Crippen molar-refractivity contribution in [2.24, 2.45) is 5.41 Å². The van der Waals surface area contributed by atoms with Gasteiger partial charge in [-0.1, -0.05) is 0 Å². The van der Waals surface area contributed by atoms with Crippen molar-refractivity contribution in [3.63, 3.8) is 0 Å². The van der Waals surface area contributed by atoms with Gasteiger partial charge in [0.15, 0.2) is 11.5 Å². The van der Waals surface area contributed by atoms with Crippen LogP contribution in [-0.2, 0) is 9.53 Å². The minimum Gasteiger partial charge on any atom is -0.486 e. The van der Waals surface area contributed by atoms with Gasteiger partial charge in [0.05, 0.1) is 5.41 Å². The number of carbonyl (C=O) groups is 2. The van der Waals surface area contributed by atoms with E-state index in [0.29, 0.717) is 51.4 Å². The number of ether oxygens (including phenoxy) is 3. The van der Waals surface area contributed by atoms with Crippen LogP contribution in [-0.4, -0.2) is 55.3 Å². The van der Waals surface area contributed by atoms with Gasteiger partial charge in [0, 0.05) is 31.4 Å². The predicted molar refractivity (Wildman–Crippen MR) is 99.3 cm³/mol. The SMILES string of the molecule is CC(C)(C)OC(=O)N1CCC2(CC1)CN(c1ccc3c(c1)OCCO3)C2=O. The number of fused-ring (bicyclic) bond motifs is 1. The molecule has 27 heavy (non-hydrogen) atoms. The Labute approximate surface area is 159 Å². The monoisotopic (exact) mass is 374 g/mol. The van der Waals surface area contributed by atoms with E-state index in [1.165, 1.54) is 0 Å². The predicted octanol–water partition coefficient (Wildman–Crippen LogP) is 2.82. The molecule has 0 aromatic heterocycles. The fourth-order valence-corrected chi connectivity index (χ4v) is 3.86. The molecule has 0 saturated carbocycles. The van der Waals surface area contributed by atoms with E-state index in [-0.39, 0.29) is 17.4 Å². The number of hydrogen-bond donors (Lipinski definition) is 0. The van der Waals surface area contributed by atoms with Gasteiger partial charge in [-0.3, -0.25) is 4.79 Å². The molecule has 0 atom stereocenters. The van der Waals surface area contributed by atoms with Crippen LogP contribution in [0.1, 0.15) is 33.6 Å². The van der Waals surface area contributed by atoms with E-state index in [9.17, 15) is 9.59 Å². The molecule has 0 radical (unpaired) electrons. The first kappa shape index (κ1) is 17.9. The highest BCUT2D eigenvalue weighted by atomic mass is 16.6. The molecule has 4 rings (SSSR count). The largest absolute Gasteiger partial charge is 0.486 e. The third kappa shape index (κ3) is 3.31. The van der Waals surface area contributed by atoms with Crippen molar-refractivity contribution in [3.8, 4) is 11.5 Å². The average molecular weight is 374 g/mol. The van der Waals surface area contributed by atoms with Crippen LogP contribution in [0, 0.1) is 5.41 Å². The summed E-state index contributed by atoms with van der Waals surface area (Å²) in [7, 11) is 0. The van der Waals surface area contributed by atoms with Crippen molar-refractivity contribution in [1.82, 2.24) is 4.90 Å². The summed E-state index contributed by atoms with van der Waals surface area (Å²) in [5.41, 5.74) is -0.0243. The zero-order valence-corrected chi connectivity index (χ0v) is 16.1. The topological polar surface area (TPSA) is 68.3 Å². The molecule has 1 aromatic carbocycles. The number of piperidine rings is 1. The summed E-state index contributed by atoms with van der Waals surface area (Å²) in [5.74, 6) is 1.54. The number of anilines is 1. The fourth-order valence-electron chi connectivity index (χ4n) is 3.86. The lowest BCUT2D eigenvalue weighted by molar-refractivity contribution is -0.138. The number of rotatable bonds is 1. The van der Waals surface area contributed by atoms with Crippen LogP contribution in [0.25, 0.3) is 0 Å². The zero-order valence-electron chi connectivity index (χ0n) is 16.1. The Morgan fingerprint density at radius 1 is 1.11 bits per heavy atom. The molecule has 0 bridgehead atoms. The fraction of sp³-hybridized carbons (Fsp3) is 0.600. The lowest BCUT2D eigenvalue weighted by Crippen LogP contribution is -2.65. The second-order valence-electron chi connectivity index (χ2n) is 8.47. The molecule has 146 valence electrons. The van der Waals surface area contributed by atoms with Gasteiger partial charge in [0.2, 0.25) is 5.91 Å². The van der Waals surface area contributed by atoms with Gasteiger partial charge < -0.3 is 24.0 Å². The van der Waals surface area contributed by atoms with Crippen molar-refractivity contribution in [2.45, 2.75) is 39.2 Å². The first-order valence-electron chi connectivity index (χ1n) is 9.47. The number of β-lactam (4-membered cyclic amide) rings is 1. The van der Waals surface area contributed by atoms with E-state index >= 15 is 0 Å². The van der Waals surface area contributed by atoms with Gasteiger partial charge in [-0.2, -0.15) is 0 Å². The number of hydrogen-bond acceptors (Lipinski definition) is 5. The molecule has 1 spiro atoms. The van der Waals surface area contributed by atoms with Gasteiger partial charge in [-0.15, -0.1) is 0 Å². The number of carbonyl (C=O) groups excluding carboxylic acids is 2. The van der Waals surface area contributed by atoms with Crippen LogP contribution >= 0.6 is 0 Å². The average Bonchev–Trinajstić information content (AvgIpc) is 2.64. The van der Waals surface area contributed by atoms with Crippen LogP contribution in [0.5, 0.6) is 11.5 Å². The molecule has 3 heterocycles. The smallest absolute Gasteiger partial charge is 0.410 e. The van der Waals surface area contributed by atoms with Gasteiger partial charge in [0.1, 0.15) is 18.8 Å². The highest BCUT2D eigenvalue weighted by Crippen LogP contribution is 2.45. The maximum atomic E-state index is 12.9. The van der Waals surface area contributed by atoms with Gasteiger partial charge in [-0.25, -0.2) is 4.79 Å². The number of benzene rings is 1. The molecular formula is C20H26N2O5. The van der Waals surface area contributed by atoms with E-state index in [4.69, 9.17) is 14.2 Å². The lowest BCUT2D eigenvalue weighted by Gasteiger charge is -2.52. The van der Waals surface area contributed by atoms with Crippen LogP contribution in [0.4, 0.5) is 10.5 Å². The van der Waals surface area contributed by atoms with E-state index in [1.54, 1.807) is 9.80 Å². The zero-order chi connectivity index (χ0) is 19.2. The normalized spacial score (nSPS) is 21.1. The van der Waals surface area contributed by atoms with E-state index in [2.05, 4.69) is 0 Å². The third-order valence-corrected chi connectivity index (χ3v) is 5.37. The Hall–Kier alpha value is -2.44. The Morgan fingerprint density at radius 2 is 1.78 bits per heavy atom. The Balaban J connectivity index is 1.38. The number of amides is 2. The summed E-state index contributed by atoms with van der Waals surface area (Å²) in [6.07, 6.45) is 1.05. The van der Waals surface area contributed by atoms with E-state index in [1.807, 2.05) is 39.0 Å². The summed E-state index contributed by atoms with van der Waals surface area (Å²) >= 11 is 0. The molecule has 0 aliphatic carbocycles.